The molecule has 0 aliphatic carbocycles. The minimum Gasteiger partial charge on any atom is -0.474 e. The zero-order valence-electron chi connectivity index (χ0n) is 22.1. The van der Waals surface area contributed by atoms with Crippen molar-refractivity contribution in [2.45, 2.75) is 32.4 Å². The third-order valence-corrected chi connectivity index (χ3v) is 7.17. The number of benzene rings is 1. The van der Waals surface area contributed by atoms with Crippen LogP contribution in [0.15, 0.2) is 66.2 Å². The number of ether oxygens (including phenoxy) is 1. The van der Waals surface area contributed by atoms with Crippen molar-refractivity contribution in [3.63, 3.8) is 0 Å². The van der Waals surface area contributed by atoms with E-state index in [-0.39, 0.29) is 18.2 Å². The number of piperidine rings is 1. The summed E-state index contributed by atoms with van der Waals surface area (Å²) in [7, 11) is 1.91. The average molecular weight is 526 g/mol. The van der Waals surface area contributed by atoms with Gasteiger partial charge < -0.3 is 15.0 Å². The van der Waals surface area contributed by atoms with Crippen molar-refractivity contribution >= 4 is 33.6 Å². The molecule has 11 nitrogen and oxygen atoms in total. The Morgan fingerprint density at radius 2 is 2.00 bits per heavy atom. The van der Waals surface area contributed by atoms with Crippen LogP contribution in [-0.4, -0.2) is 64.7 Å². The third-order valence-electron chi connectivity index (χ3n) is 7.17. The Balaban J connectivity index is 1.35. The number of fused-ring (bicyclic) bond motifs is 2. The Morgan fingerprint density at radius 3 is 2.79 bits per heavy atom. The Morgan fingerprint density at radius 1 is 1.15 bits per heavy atom. The number of aromatic nitrogens is 7. The number of rotatable bonds is 8. The molecular weight excluding hydrogens is 494 g/mol. The minimum atomic E-state index is -0.215. The number of nitrogens with one attached hydrogen (secondary N) is 1. The number of hydrogen-bond donors (Lipinski definition) is 1. The normalized spacial score (nSPS) is 14.7. The first-order valence-electron chi connectivity index (χ1n) is 13.2. The Bertz CT molecular complexity index is 1710. The fourth-order valence-corrected chi connectivity index (χ4v) is 5.08. The van der Waals surface area contributed by atoms with Gasteiger partial charge in [0, 0.05) is 43.5 Å². The second-order valence-corrected chi connectivity index (χ2v) is 9.67. The van der Waals surface area contributed by atoms with Gasteiger partial charge in [0.05, 0.1) is 18.3 Å². The van der Waals surface area contributed by atoms with Crippen molar-refractivity contribution in [1.29, 1.82) is 0 Å². The number of aryl methyl sites for hydroxylation is 1. The Kier molecular flexibility index (Phi) is 6.57. The first-order chi connectivity index (χ1) is 19.0. The lowest BCUT2D eigenvalue weighted by atomic mass is 10.1. The molecule has 0 unspecified atom stereocenters. The Labute approximate surface area is 225 Å². The smallest absolute Gasteiger partial charge is 0.278 e. The number of hydrogen-bond acceptors (Lipinski definition) is 8. The second kappa shape index (κ2) is 10.3. The van der Waals surface area contributed by atoms with Crippen LogP contribution in [0.3, 0.4) is 0 Å². The molecule has 1 aromatic carbocycles. The van der Waals surface area contributed by atoms with Crippen molar-refractivity contribution in [2.75, 3.05) is 25.0 Å². The molecule has 0 atom stereocenters. The zero-order chi connectivity index (χ0) is 26.9. The predicted molar refractivity (Wildman–Crippen MR) is 151 cm³/mol. The van der Waals surface area contributed by atoms with E-state index in [2.05, 4.69) is 33.8 Å². The van der Waals surface area contributed by atoms with Gasteiger partial charge in [-0.3, -0.25) is 9.48 Å². The summed E-state index contributed by atoms with van der Waals surface area (Å²) in [6.07, 6.45) is 7.07. The fourth-order valence-electron chi connectivity index (χ4n) is 5.08. The van der Waals surface area contributed by atoms with E-state index in [1.807, 2.05) is 54.3 Å². The first-order valence-corrected chi connectivity index (χ1v) is 13.2. The van der Waals surface area contributed by atoms with E-state index in [0.717, 1.165) is 49.1 Å². The standard InChI is InChI=1S/C28H31N9O2/c1-4-13-36-27(38)22-18-29-28(31-20-9-10-23-19(16-20)17-30-34(23)3)33-26(22)37(36)24-7-6-8-25(32-24)39-21-11-14-35(5-2)15-12-21/h4,6-10,16-18,21H,1,5,11-15H2,2-3H3,(H,29,31,33). The Hall–Kier alpha value is -4.51. The lowest BCUT2D eigenvalue weighted by Gasteiger charge is -2.30. The number of anilines is 2. The van der Waals surface area contributed by atoms with Crippen LogP contribution in [0.1, 0.15) is 19.8 Å². The third kappa shape index (κ3) is 4.76. The van der Waals surface area contributed by atoms with Gasteiger partial charge in [0.25, 0.3) is 5.56 Å². The van der Waals surface area contributed by atoms with Crippen molar-refractivity contribution in [1.82, 2.24) is 39.0 Å². The predicted octanol–water partition coefficient (Wildman–Crippen LogP) is 3.66. The maximum absolute atomic E-state index is 13.3. The van der Waals surface area contributed by atoms with Crippen LogP contribution in [0.5, 0.6) is 5.88 Å². The number of nitrogens with zero attached hydrogens (tertiary/aromatic N) is 8. The molecule has 0 bridgehead atoms. The number of likely N-dealkylation sites (tertiary alicyclic amines) is 1. The van der Waals surface area contributed by atoms with Gasteiger partial charge in [-0.2, -0.15) is 15.1 Å². The second-order valence-electron chi connectivity index (χ2n) is 9.67. The molecule has 1 aliphatic rings. The van der Waals surface area contributed by atoms with Crippen molar-refractivity contribution < 1.29 is 4.74 Å². The van der Waals surface area contributed by atoms with E-state index in [1.165, 1.54) is 0 Å². The molecule has 0 radical (unpaired) electrons. The molecule has 5 aromatic rings. The van der Waals surface area contributed by atoms with Gasteiger partial charge in [0.1, 0.15) is 11.5 Å². The van der Waals surface area contributed by atoms with Crippen LogP contribution >= 0.6 is 0 Å². The van der Waals surface area contributed by atoms with Gasteiger partial charge >= 0.3 is 0 Å². The van der Waals surface area contributed by atoms with Crippen LogP contribution in [0.25, 0.3) is 27.8 Å². The minimum absolute atomic E-state index is 0.114. The molecule has 6 rings (SSSR count). The van der Waals surface area contributed by atoms with Gasteiger partial charge in [-0.15, -0.1) is 6.58 Å². The highest BCUT2D eigenvalue weighted by Gasteiger charge is 2.21. The largest absolute Gasteiger partial charge is 0.474 e. The van der Waals surface area contributed by atoms with Crippen molar-refractivity contribution in [3.05, 3.63) is 71.8 Å². The molecule has 39 heavy (non-hydrogen) atoms. The van der Waals surface area contributed by atoms with Gasteiger partial charge in [0.2, 0.25) is 11.8 Å². The summed E-state index contributed by atoms with van der Waals surface area (Å²) in [4.78, 5) is 29.7. The SMILES string of the molecule is C=CCn1c(=O)c2cnc(Nc3ccc4c(cnn4C)c3)nc2n1-c1cccc(OC2CCN(CC)CC2)n1. The highest BCUT2D eigenvalue weighted by molar-refractivity contribution is 5.83. The highest BCUT2D eigenvalue weighted by Crippen LogP contribution is 2.23. The molecule has 200 valence electrons. The molecule has 5 heterocycles. The van der Waals surface area contributed by atoms with Crippen LogP contribution in [0.4, 0.5) is 11.6 Å². The van der Waals surface area contributed by atoms with Gasteiger partial charge in [-0.1, -0.05) is 19.1 Å². The summed E-state index contributed by atoms with van der Waals surface area (Å²) in [5, 5.41) is 8.95. The fraction of sp³-hybridized carbons (Fsp3) is 0.321. The van der Waals surface area contributed by atoms with Crippen LogP contribution < -0.4 is 15.6 Å². The zero-order valence-corrected chi connectivity index (χ0v) is 22.1. The summed E-state index contributed by atoms with van der Waals surface area (Å²) < 4.78 is 11.3. The summed E-state index contributed by atoms with van der Waals surface area (Å²) in [5.74, 6) is 1.43. The number of pyridine rings is 1. The highest BCUT2D eigenvalue weighted by atomic mass is 16.5. The van der Waals surface area contributed by atoms with Gasteiger partial charge in [-0.05, 0) is 43.7 Å². The quantitative estimate of drug-likeness (QED) is 0.306. The summed E-state index contributed by atoms with van der Waals surface area (Å²) in [6, 6.07) is 11.5. The molecule has 0 spiro atoms. The number of allylic oxidation sites excluding steroid dienone is 1. The van der Waals surface area contributed by atoms with Crippen molar-refractivity contribution in [2.24, 2.45) is 7.05 Å². The van der Waals surface area contributed by atoms with E-state index in [9.17, 15) is 4.79 Å². The van der Waals surface area contributed by atoms with Crippen LogP contribution in [-0.2, 0) is 13.6 Å². The summed E-state index contributed by atoms with van der Waals surface area (Å²) in [5.41, 5.74) is 2.07. The van der Waals surface area contributed by atoms with E-state index in [0.29, 0.717) is 28.7 Å². The maximum atomic E-state index is 13.3. The molecule has 0 saturated carbocycles. The molecule has 0 amide bonds. The molecule has 1 aliphatic heterocycles. The monoisotopic (exact) mass is 525 g/mol. The van der Waals surface area contributed by atoms with Gasteiger partial charge in [0.15, 0.2) is 11.5 Å². The van der Waals surface area contributed by atoms with E-state index in [4.69, 9.17) is 14.7 Å². The van der Waals surface area contributed by atoms with Crippen molar-refractivity contribution in [3.8, 4) is 11.7 Å². The average Bonchev–Trinajstić information content (AvgIpc) is 3.45. The van der Waals surface area contributed by atoms with E-state index >= 15 is 0 Å². The molecule has 1 saturated heterocycles. The molecule has 4 aromatic heterocycles. The molecule has 1 N–H and O–H groups in total. The first kappa shape index (κ1) is 24.8. The van der Waals surface area contributed by atoms with Crippen LogP contribution in [0.2, 0.25) is 0 Å². The lowest BCUT2D eigenvalue weighted by molar-refractivity contribution is 0.0997. The topological polar surface area (TPSA) is 108 Å². The maximum Gasteiger partial charge on any atom is 0.278 e. The lowest BCUT2D eigenvalue weighted by Crippen LogP contribution is -2.38. The molecule has 11 heteroatoms. The summed E-state index contributed by atoms with van der Waals surface area (Å²) in [6.45, 7) is 9.39. The van der Waals surface area contributed by atoms with E-state index < -0.39 is 0 Å². The molecule has 1 fully saturated rings. The van der Waals surface area contributed by atoms with Gasteiger partial charge in [-0.25, -0.2) is 14.3 Å². The van der Waals surface area contributed by atoms with E-state index in [1.54, 1.807) is 21.6 Å². The molecular formula is C28H31N9O2. The van der Waals surface area contributed by atoms with Crippen LogP contribution in [0, 0.1) is 0 Å². The summed E-state index contributed by atoms with van der Waals surface area (Å²) >= 11 is 0.